The molecule has 0 aromatic heterocycles. The molecule has 1 fully saturated rings. The number of nitrogens with zero attached hydrogens (tertiary/aromatic N) is 1. The predicted octanol–water partition coefficient (Wildman–Crippen LogP) is 3.80. The lowest BCUT2D eigenvalue weighted by atomic mass is 9.87. The third kappa shape index (κ3) is 19.8. The van der Waals surface area contributed by atoms with E-state index in [4.69, 9.17) is 30.1 Å². The molecule has 6 amide bonds. The second kappa shape index (κ2) is 33.6. The number of nitrogen functional groups attached to an aromatic ring is 1. The minimum Gasteiger partial charge on any atom is -0.481 e. The van der Waals surface area contributed by atoms with Crippen LogP contribution >= 0.6 is 11.8 Å². The zero-order chi connectivity index (χ0) is 66.5. The van der Waals surface area contributed by atoms with Crippen molar-refractivity contribution in [2.75, 3.05) is 51.0 Å². The lowest BCUT2D eigenvalue weighted by Crippen LogP contribution is -2.50. The number of benzene rings is 4. The quantitative estimate of drug-likeness (QED) is 0.00393. The molecule has 2 heterocycles. The first kappa shape index (κ1) is 70.2. The van der Waals surface area contributed by atoms with Gasteiger partial charge in [-0.3, -0.25) is 48.1 Å². The largest absolute Gasteiger partial charge is 0.481 e. The minimum atomic E-state index is -1.84. The molecule has 3 aromatic carbocycles. The molecule has 11 N–H and O–H groups in total. The van der Waals surface area contributed by atoms with Crippen molar-refractivity contribution >= 4 is 106 Å². The molecule has 0 saturated carbocycles. The van der Waals surface area contributed by atoms with Crippen molar-refractivity contribution in [2.24, 2.45) is 5.92 Å². The van der Waals surface area contributed by atoms with E-state index in [1.807, 2.05) is 0 Å². The highest BCUT2D eigenvalue weighted by molar-refractivity contribution is 8.00. The Morgan fingerprint density at radius 3 is 2.19 bits per heavy atom. The van der Waals surface area contributed by atoms with Crippen molar-refractivity contribution in [1.29, 1.82) is 5.41 Å². The molecule has 0 bridgehead atoms. The molecule has 0 spiro atoms. The molecule has 3 unspecified atom stereocenters. The van der Waals surface area contributed by atoms with Crippen LogP contribution in [-0.4, -0.2) is 172 Å². The van der Waals surface area contributed by atoms with Crippen molar-refractivity contribution in [3.05, 3.63) is 106 Å². The Morgan fingerprint density at radius 2 is 1.51 bits per heavy atom. The average molecular weight is 1280 g/mol. The fraction of sp³-hybridized carbons (Fsp3) is 0.387. The van der Waals surface area contributed by atoms with Crippen LogP contribution in [0, 0.1) is 25.2 Å². The van der Waals surface area contributed by atoms with Crippen molar-refractivity contribution in [3.8, 4) is 22.5 Å². The third-order valence-electron chi connectivity index (χ3n) is 14.8. The number of amides is 6. The lowest BCUT2D eigenvalue weighted by molar-refractivity contribution is -0.151. The van der Waals surface area contributed by atoms with Gasteiger partial charge in [-0.15, -0.1) is 11.8 Å². The molecule has 0 radical (unpaired) electrons. The summed E-state index contributed by atoms with van der Waals surface area (Å²) < 4.78 is 21.8. The first-order valence-electron chi connectivity index (χ1n) is 28.7. The average Bonchev–Trinajstić information content (AvgIpc) is 1.25. The van der Waals surface area contributed by atoms with E-state index in [1.54, 1.807) is 68.4 Å². The lowest BCUT2D eigenvalue weighted by Gasteiger charge is -2.21. The van der Waals surface area contributed by atoms with Crippen LogP contribution in [-0.2, 0) is 68.6 Å². The van der Waals surface area contributed by atoms with Gasteiger partial charge in [0, 0.05) is 102 Å². The zero-order valence-electron chi connectivity index (χ0n) is 49.6. The van der Waals surface area contributed by atoms with Gasteiger partial charge in [0.2, 0.25) is 29.4 Å². The maximum atomic E-state index is 14.0. The number of Topliss-reactive ketones (excluding diaryl/α,β-unsaturated/α-hetero) is 3. The van der Waals surface area contributed by atoms with Crippen LogP contribution < -0.4 is 32.4 Å². The Hall–Kier alpha value is -9.87. The first-order chi connectivity index (χ1) is 43.4. The van der Waals surface area contributed by atoms with Crippen molar-refractivity contribution in [1.82, 2.24) is 26.2 Å². The number of carbonyl (C=O) groups excluding carboxylic acids is 9. The van der Waals surface area contributed by atoms with E-state index in [2.05, 4.69) is 26.0 Å². The molecule has 1 saturated heterocycles. The van der Waals surface area contributed by atoms with Crippen molar-refractivity contribution in [2.45, 2.75) is 102 Å². The standard InChI is InChI=1S/C62H69N7O21S/c1-33-42(63)14-12-39-54(40-13-15-43(64)34(2)57(40)90-56(33)39)38-11-10-36(28-41(38)59(80)81)46(71)9-6-22-69-52(75)30-48(58(69)79)91-31-37(55(78)61(84)85)29-47(72)45(27-35-7-4-3-5-8-35)66-50(74)20-23-87-25-26-88-24-21-65-49(73)17-16-44(60(82)83)67-62(86)68-51(89-32-70)18-19-53(76)77/h3-5,7-8,10-15,28,32,37,44-45,48,51,63H,6,9,16-27,29-31,64H2,1-2H3,(H,65,73)(H,66,74)(H,76,77)(H,80,81)(H,82,83)(H,84,85)(H2,67,68,86)/t37?,44-,45?,48?,51+/m1/s1. The number of rotatable bonds is 38. The Kier molecular flexibility index (Phi) is 26.0. The number of hydrogen-bond acceptors (Lipinski definition) is 20. The van der Waals surface area contributed by atoms with Gasteiger partial charge in [0.1, 0.15) is 17.4 Å². The Balaban J connectivity index is 0.957. The van der Waals surface area contributed by atoms with E-state index in [-0.39, 0.29) is 125 Å². The number of nitrogens with one attached hydrogen (secondary N) is 5. The predicted molar refractivity (Wildman–Crippen MR) is 323 cm³/mol. The van der Waals surface area contributed by atoms with E-state index in [0.717, 1.165) is 16.7 Å². The van der Waals surface area contributed by atoms with Crippen LogP contribution in [0.2, 0.25) is 0 Å². The van der Waals surface area contributed by atoms with Crippen LogP contribution in [0.1, 0.15) is 95.2 Å². The van der Waals surface area contributed by atoms with Gasteiger partial charge < -0.3 is 71.5 Å². The number of aliphatic carboxylic acids is 3. The van der Waals surface area contributed by atoms with Crippen LogP contribution in [0.25, 0.3) is 33.4 Å². The molecular formula is C62H69N7O21S. The molecular weight excluding hydrogens is 1210 g/mol. The summed E-state index contributed by atoms with van der Waals surface area (Å²) in [6, 6.07) is 15.6. The van der Waals surface area contributed by atoms with Crippen molar-refractivity contribution < 1.29 is 101 Å². The Labute approximate surface area is 523 Å². The number of thioether (sulfide) groups is 1. The highest BCUT2D eigenvalue weighted by Gasteiger charge is 2.40. The topological polar surface area (TPSA) is 445 Å². The number of carboxylic acid groups (broad SMARTS) is 4. The fourth-order valence-corrected chi connectivity index (χ4v) is 11.1. The van der Waals surface area contributed by atoms with Gasteiger partial charge in [0.15, 0.2) is 17.8 Å². The van der Waals surface area contributed by atoms with Gasteiger partial charge in [-0.05, 0) is 74.6 Å². The Morgan fingerprint density at radius 1 is 0.791 bits per heavy atom. The number of nitrogens with two attached hydrogens (primary N) is 1. The van der Waals surface area contributed by atoms with Gasteiger partial charge in [0.05, 0.1) is 55.1 Å². The van der Waals surface area contributed by atoms with Crippen LogP contribution in [0.3, 0.4) is 0 Å². The number of urea groups is 1. The number of likely N-dealkylation sites (tertiary alicyclic amines) is 1. The van der Waals surface area contributed by atoms with Crippen molar-refractivity contribution in [3.63, 3.8) is 0 Å². The Bertz CT molecular complexity index is 3610. The van der Waals surface area contributed by atoms with E-state index in [1.165, 1.54) is 18.2 Å². The molecule has 91 heavy (non-hydrogen) atoms. The molecule has 484 valence electrons. The van der Waals surface area contributed by atoms with Crippen LogP contribution in [0.5, 0.6) is 0 Å². The number of hydrogen-bond donors (Lipinski definition) is 10. The summed E-state index contributed by atoms with van der Waals surface area (Å²) in [5.41, 5.74) is 10.0. The summed E-state index contributed by atoms with van der Waals surface area (Å²) in [5.74, 6) is -12.2. The fourth-order valence-electron chi connectivity index (χ4n) is 9.86. The molecule has 3 aromatic rings. The smallest absolute Gasteiger partial charge is 0.372 e. The molecule has 3 aliphatic rings. The number of fused-ring (bicyclic) bond motifs is 2. The molecule has 1 aliphatic carbocycles. The second-order valence-electron chi connectivity index (χ2n) is 21.1. The number of anilines is 1. The first-order valence-corrected chi connectivity index (χ1v) is 29.8. The summed E-state index contributed by atoms with van der Waals surface area (Å²) in [6.07, 6.45) is -4.18. The van der Waals surface area contributed by atoms with Crippen LogP contribution in [0.15, 0.2) is 77.2 Å². The second-order valence-corrected chi connectivity index (χ2v) is 22.4. The molecule has 6 rings (SSSR count). The summed E-state index contributed by atoms with van der Waals surface area (Å²) in [4.78, 5) is 165. The summed E-state index contributed by atoms with van der Waals surface area (Å²) >= 11 is 0.824. The summed E-state index contributed by atoms with van der Waals surface area (Å²) in [6.45, 7) is 3.20. The van der Waals surface area contributed by atoms with Gasteiger partial charge in [-0.25, -0.2) is 19.2 Å². The SMILES string of the molecule is Cc1c2oc3c(C)c(N)ccc3c(-c3ccc(C(=O)CCCN4C(=O)CC(SCC(CC(=O)C(Cc5ccccc5)NC(=O)CCOCCOCCNC(=O)CC[C@@H](NC(=O)N[C@H](CCC(=O)O)OC=O)C(=O)O)C(=O)C(=O)O)C4=O)cc3C(=O)O)c-2ccc1=N. The molecule has 5 atom stereocenters. The van der Waals surface area contributed by atoms with Gasteiger partial charge in [-0.2, -0.15) is 0 Å². The van der Waals surface area contributed by atoms with E-state index >= 15 is 0 Å². The highest BCUT2D eigenvalue weighted by Crippen LogP contribution is 2.44. The van der Waals surface area contributed by atoms with Crippen LogP contribution in [0.4, 0.5) is 10.5 Å². The minimum absolute atomic E-state index is 0.00216. The maximum Gasteiger partial charge on any atom is 0.372 e. The number of carbonyl (C=O) groups is 13. The number of aromatic carboxylic acids is 1. The summed E-state index contributed by atoms with van der Waals surface area (Å²) in [7, 11) is 0. The third-order valence-corrected chi connectivity index (χ3v) is 16.1. The molecule has 28 nitrogen and oxygen atoms in total. The molecule has 29 heteroatoms. The number of aryl methyl sites for hydroxylation is 1. The monoisotopic (exact) mass is 1280 g/mol. The number of ether oxygens (including phenoxy) is 3. The number of imide groups is 1. The van der Waals surface area contributed by atoms with E-state index in [9.17, 15) is 77.6 Å². The van der Waals surface area contributed by atoms with Gasteiger partial charge >= 0.3 is 29.9 Å². The van der Waals surface area contributed by atoms with E-state index in [0.29, 0.717) is 50.2 Å². The molecule has 2 aliphatic heterocycles. The van der Waals surface area contributed by atoms with E-state index < -0.39 is 113 Å². The van der Waals surface area contributed by atoms with Gasteiger partial charge in [-0.1, -0.05) is 42.5 Å². The summed E-state index contributed by atoms with van der Waals surface area (Å²) in [5, 5.41) is 56.1. The normalized spacial score (nSPS) is 14.2. The highest BCUT2D eigenvalue weighted by atomic mass is 32.2. The number of carboxylic acids is 4. The van der Waals surface area contributed by atoms with Gasteiger partial charge in [0.25, 0.3) is 6.47 Å². The maximum absolute atomic E-state index is 14.0. The zero-order valence-corrected chi connectivity index (χ0v) is 50.4. The number of ketones is 3.